The van der Waals surface area contributed by atoms with E-state index < -0.39 is 159 Å². The maximum absolute atomic E-state index is 14.1. The first kappa shape index (κ1) is 45.7. The molecule has 1 aliphatic heterocycles. The first-order chi connectivity index (χ1) is 30.6. The number of esters is 4. The summed E-state index contributed by atoms with van der Waals surface area (Å²) >= 11 is 0. The van der Waals surface area contributed by atoms with Gasteiger partial charge in [0.2, 0.25) is 6.29 Å². The number of phenolic OH excluding ortho intramolecular Hbond substituents is 12. The Morgan fingerprint density at radius 1 is 0.477 bits per heavy atom. The zero-order valence-corrected chi connectivity index (χ0v) is 33.2. The fraction of sp³-hybridized carbons (Fsp3) is 0.186. The van der Waals surface area contributed by atoms with Crippen molar-refractivity contribution in [3.63, 3.8) is 0 Å². The van der Waals surface area contributed by atoms with Crippen molar-refractivity contribution in [3.8, 4) is 69.0 Å². The van der Waals surface area contributed by atoms with Crippen molar-refractivity contribution in [3.05, 3.63) is 106 Å². The van der Waals surface area contributed by atoms with E-state index in [0.717, 1.165) is 36.4 Å². The van der Waals surface area contributed by atoms with E-state index in [1.54, 1.807) is 0 Å². The molecule has 1 aliphatic rings. The molecule has 22 nitrogen and oxygen atoms in total. The van der Waals surface area contributed by atoms with E-state index in [0.29, 0.717) is 24.3 Å². The molecule has 6 rings (SSSR count). The van der Waals surface area contributed by atoms with Crippen LogP contribution in [0.1, 0.15) is 63.8 Å². The average Bonchev–Trinajstić information content (AvgIpc) is 3.26. The minimum absolute atomic E-state index is 0.0300. The number of aryl methyl sites for hydroxylation is 1. The molecule has 65 heavy (non-hydrogen) atoms. The van der Waals surface area contributed by atoms with Crippen molar-refractivity contribution in [1.82, 2.24) is 0 Å². The van der Waals surface area contributed by atoms with Crippen molar-refractivity contribution < 1.29 is 109 Å². The maximum Gasteiger partial charge on any atom is 0.340 e. The van der Waals surface area contributed by atoms with Crippen LogP contribution in [0.2, 0.25) is 0 Å². The highest BCUT2D eigenvalue weighted by molar-refractivity contribution is 5.98. The first-order valence-corrected chi connectivity index (χ1v) is 18.7. The summed E-state index contributed by atoms with van der Waals surface area (Å²) < 4.78 is 28.6. The van der Waals surface area contributed by atoms with Crippen LogP contribution in [0.3, 0.4) is 0 Å². The third kappa shape index (κ3) is 9.81. The number of hydrogen-bond donors (Lipinski definition) is 12. The van der Waals surface area contributed by atoms with Gasteiger partial charge in [0.25, 0.3) is 0 Å². The van der Waals surface area contributed by atoms with Gasteiger partial charge in [-0.15, -0.1) is 0 Å². The molecule has 340 valence electrons. The zero-order chi connectivity index (χ0) is 47.6. The Hall–Kier alpha value is -8.79. The summed E-state index contributed by atoms with van der Waals surface area (Å²) in [7, 11) is 0. The second-order valence-electron chi connectivity index (χ2n) is 14.4. The third-order valence-corrected chi connectivity index (χ3v) is 9.92. The molecular formula is C43H36O22. The number of Topliss-reactive ketones (excluding diaryl/α,β-unsaturated/α-hetero) is 1. The molecule has 0 aliphatic carbocycles. The molecule has 0 radical (unpaired) electrons. The zero-order valence-electron chi connectivity index (χ0n) is 33.2. The third-order valence-electron chi connectivity index (χ3n) is 9.92. The summed E-state index contributed by atoms with van der Waals surface area (Å²) in [6.45, 7) is 0.338. The molecule has 0 amide bonds. The van der Waals surface area contributed by atoms with E-state index in [2.05, 4.69) is 0 Å². The molecule has 22 heteroatoms. The van der Waals surface area contributed by atoms with Gasteiger partial charge in [0.1, 0.15) is 24.6 Å². The van der Waals surface area contributed by atoms with E-state index in [9.17, 15) is 85.3 Å². The second kappa shape index (κ2) is 18.3. The molecule has 5 unspecified atom stereocenters. The lowest BCUT2D eigenvalue weighted by atomic mass is 9.83. The lowest BCUT2D eigenvalue weighted by Gasteiger charge is -2.44. The van der Waals surface area contributed by atoms with Gasteiger partial charge in [-0.25, -0.2) is 19.2 Å². The van der Waals surface area contributed by atoms with E-state index in [1.165, 1.54) is 19.1 Å². The highest BCUT2D eigenvalue weighted by Crippen LogP contribution is 2.42. The van der Waals surface area contributed by atoms with Crippen molar-refractivity contribution >= 4 is 29.7 Å². The molecule has 0 spiro atoms. The van der Waals surface area contributed by atoms with Gasteiger partial charge >= 0.3 is 23.9 Å². The lowest BCUT2D eigenvalue weighted by Crippen LogP contribution is -2.59. The number of ketones is 1. The molecule has 12 N–H and O–H groups in total. The Balaban J connectivity index is 1.51. The Morgan fingerprint density at radius 2 is 0.877 bits per heavy atom. The minimum Gasteiger partial charge on any atom is -0.508 e. The number of carbonyl (C=O) groups excluding carboxylic acids is 5. The molecule has 5 aromatic rings. The maximum atomic E-state index is 14.1. The van der Waals surface area contributed by atoms with Gasteiger partial charge in [-0.2, -0.15) is 0 Å². The number of ether oxygens (including phenoxy) is 5. The SMILES string of the molecule is Cc1cc(C(=O)OC2OC(COC(=O)c3ccc(O)cc3)C(OC(=O)c3cc(O)c(O)c(O)c3)C(CC(=O)c3cc(O)c(O)c(O)c3)C2OC(=O)c2cc(O)c(O)c(O)c2)cc(O)c1O. The number of rotatable bonds is 12. The number of hydrogen-bond acceptors (Lipinski definition) is 22. The normalized spacial score (nSPS) is 18.0. The van der Waals surface area contributed by atoms with Gasteiger partial charge in [-0.05, 0) is 85.3 Å². The second-order valence-corrected chi connectivity index (χ2v) is 14.4. The molecule has 5 aromatic carbocycles. The van der Waals surface area contributed by atoms with Crippen LogP contribution in [-0.2, 0) is 23.7 Å². The van der Waals surface area contributed by atoms with Gasteiger partial charge in [0.15, 0.2) is 75.1 Å². The molecule has 1 fully saturated rings. The van der Waals surface area contributed by atoms with Crippen LogP contribution < -0.4 is 0 Å². The van der Waals surface area contributed by atoms with Gasteiger partial charge in [-0.3, -0.25) is 4.79 Å². The molecule has 0 aromatic heterocycles. The Bertz CT molecular complexity index is 2620. The first-order valence-electron chi connectivity index (χ1n) is 18.7. The highest BCUT2D eigenvalue weighted by Gasteiger charge is 2.53. The average molecular weight is 905 g/mol. The summed E-state index contributed by atoms with van der Waals surface area (Å²) in [6.07, 6.45) is -9.41. The summed E-state index contributed by atoms with van der Waals surface area (Å²) in [5.41, 5.74) is -2.49. The van der Waals surface area contributed by atoms with Gasteiger partial charge in [0, 0.05) is 17.9 Å². The van der Waals surface area contributed by atoms with Crippen molar-refractivity contribution in [2.24, 2.45) is 5.92 Å². The minimum atomic E-state index is -2.27. The quantitative estimate of drug-likeness (QED) is 0.0368. The predicted molar refractivity (Wildman–Crippen MR) is 212 cm³/mol. The monoisotopic (exact) mass is 904 g/mol. The van der Waals surface area contributed by atoms with Gasteiger partial charge < -0.3 is 85.0 Å². The van der Waals surface area contributed by atoms with Gasteiger partial charge in [-0.1, -0.05) is 0 Å². The molecule has 1 heterocycles. The molecule has 0 bridgehead atoms. The van der Waals surface area contributed by atoms with Crippen LogP contribution in [0.5, 0.6) is 69.0 Å². The fourth-order valence-corrected chi connectivity index (χ4v) is 6.57. The summed E-state index contributed by atoms with van der Waals surface area (Å²) in [4.78, 5) is 69.0. The van der Waals surface area contributed by atoms with Crippen molar-refractivity contribution in [2.75, 3.05) is 6.61 Å². The van der Waals surface area contributed by atoms with E-state index in [1.807, 2.05) is 0 Å². The van der Waals surface area contributed by atoms with Crippen LogP contribution in [-0.4, -0.2) is 122 Å². The van der Waals surface area contributed by atoms with Crippen LogP contribution in [0.4, 0.5) is 0 Å². The molecule has 5 atom stereocenters. The summed E-state index contributed by atoms with van der Waals surface area (Å²) in [6, 6.07) is 10.5. The van der Waals surface area contributed by atoms with Gasteiger partial charge in [0.05, 0.1) is 22.3 Å². The standard InChI is InChI=1S/C43H36O22/c1-16-6-19(9-25(46)33(16)53)42(60)65-43-38(64-41(59)21-12-30(51)36(56)31(52)13-21)23(14-24(45)18-7-26(47)34(54)27(48)8-18)37(63-40(58)20-10-28(49)35(55)29(50)11-20)32(62-43)15-61-39(57)17-2-4-22(44)5-3-17/h2-13,23,32,37-38,43-44,46-56H,14-15H2,1H3. The van der Waals surface area contributed by atoms with E-state index in [4.69, 9.17) is 23.7 Å². The Labute approximate surface area is 363 Å². The number of aromatic hydroxyl groups is 12. The Kier molecular flexibility index (Phi) is 12.9. The largest absolute Gasteiger partial charge is 0.508 e. The smallest absolute Gasteiger partial charge is 0.340 e. The highest BCUT2D eigenvalue weighted by atomic mass is 16.7. The topological polar surface area (TPSA) is 374 Å². The number of phenols is 12. The number of benzene rings is 5. The molecule has 1 saturated heterocycles. The van der Waals surface area contributed by atoms with Crippen molar-refractivity contribution in [2.45, 2.75) is 37.9 Å². The van der Waals surface area contributed by atoms with Crippen molar-refractivity contribution in [1.29, 1.82) is 0 Å². The summed E-state index contributed by atoms with van der Waals surface area (Å²) in [5, 5.41) is 121. The van der Waals surface area contributed by atoms with E-state index >= 15 is 0 Å². The van der Waals surface area contributed by atoms with E-state index in [-0.39, 0.29) is 16.9 Å². The Morgan fingerprint density at radius 3 is 1.34 bits per heavy atom. The summed E-state index contributed by atoms with van der Waals surface area (Å²) in [5.74, 6) is -19.1. The van der Waals surface area contributed by atoms with Crippen LogP contribution in [0, 0.1) is 12.8 Å². The fourth-order valence-electron chi connectivity index (χ4n) is 6.57. The molecule has 0 saturated carbocycles. The predicted octanol–water partition coefficient (Wildman–Crippen LogP) is 3.54. The van der Waals surface area contributed by atoms with Crippen LogP contribution >= 0.6 is 0 Å². The molecular weight excluding hydrogens is 868 g/mol. The number of carbonyl (C=O) groups is 5. The lowest BCUT2D eigenvalue weighted by molar-refractivity contribution is -0.270. The van der Waals surface area contributed by atoms with Crippen LogP contribution in [0.15, 0.2) is 72.8 Å². The van der Waals surface area contributed by atoms with Crippen LogP contribution in [0.25, 0.3) is 0 Å².